The van der Waals surface area contributed by atoms with Crippen LogP contribution in [0.5, 0.6) is 0 Å². The lowest BCUT2D eigenvalue weighted by molar-refractivity contribution is -0.127. The minimum absolute atomic E-state index is 0.0392. The van der Waals surface area contributed by atoms with Gasteiger partial charge in [0.15, 0.2) is 0 Å². The fourth-order valence-corrected chi connectivity index (χ4v) is 6.75. The first kappa shape index (κ1) is 25.8. The fourth-order valence-electron chi connectivity index (χ4n) is 5.02. The van der Waals surface area contributed by atoms with Gasteiger partial charge in [-0.1, -0.05) is 42.5 Å². The van der Waals surface area contributed by atoms with Crippen LogP contribution in [-0.4, -0.2) is 79.8 Å². The first-order valence-corrected chi connectivity index (χ1v) is 14.1. The number of hydrogen-bond donors (Lipinski definition) is 1. The van der Waals surface area contributed by atoms with Gasteiger partial charge in [-0.15, -0.1) is 0 Å². The summed E-state index contributed by atoms with van der Waals surface area (Å²) in [5, 5.41) is 3.24. The number of nitrogens with zero attached hydrogens (tertiary/aromatic N) is 3. The molecule has 0 aliphatic carbocycles. The van der Waals surface area contributed by atoms with Crippen LogP contribution in [0.25, 0.3) is 0 Å². The molecule has 35 heavy (non-hydrogen) atoms. The molecule has 8 heteroatoms. The molecule has 2 saturated heterocycles. The summed E-state index contributed by atoms with van der Waals surface area (Å²) in [7, 11) is -3.53. The normalized spacial score (nSPS) is 20.0. The number of benzene rings is 2. The van der Waals surface area contributed by atoms with Crippen molar-refractivity contribution in [2.75, 3.05) is 39.3 Å². The van der Waals surface area contributed by atoms with E-state index in [1.54, 1.807) is 10.4 Å². The van der Waals surface area contributed by atoms with Gasteiger partial charge in [0, 0.05) is 51.9 Å². The summed E-state index contributed by atoms with van der Waals surface area (Å²) in [6.07, 6.45) is 1.90. The summed E-state index contributed by atoms with van der Waals surface area (Å²) < 4.78 is 28.0. The lowest BCUT2D eigenvalue weighted by Gasteiger charge is -2.38. The maximum absolute atomic E-state index is 13.2. The van der Waals surface area contributed by atoms with Gasteiger partial charge in [0.1, 0.15) is 0 Å². The molecule has 1 atom stereocenters. The van der Waals surface area contributed by atoms with Crippen LogP contribution in [0.2, 0.25) is 0 Å². The number of likely N-dealkylation sites (tertiary alicyclic amines) is 1. The fraction of sp³-hybridized carbons (Fsp3) is 0.519. The number of carbonyl (C=O) groups excluding carboxylic acids is 1. The van der Waals surface area contributed by atoms with Gasteiger partial charge >= 0.3 is 0 Å². The van der Waals surface area contributed by atoms with Crippen molar-refractivity contribution >= 4 is 15.9 Å². The minimum atomic E-state index is -3.53. The van der Waals surface area contributed by atoms with Crippen LogP contribution < -0.4 is 5.32 Å². The molecule has 1 amide bonds. The predicted molar refractivity (Wildman–Crippen MR) is 139 cm³/mol. The third-order valence-corrected chi connectivity index (χ3v) is 9.39. The highest BCUT2D eigenvalue weighted by atomic mass is 32.2. The molecule has 7 nitrogen and oxygen atoms in total. The van der Waals surface area contributed by atoms with Gasteiger partial charge in [0.2, 0.25) is 15.9 Å². The van der Waals surface area contributed by atoms with Crippen LogP contribution in [-0.2, 0) is 21.4 Å². The molecule has 4 rings (SSSR count). The molecule has 0 spiro atoms. The summed E-state index contributed by atoms with van der Waals surface area (Å²) in [4.78, 5) is 17.9. The van der Waals surface area contributed by atoms with Gasteiger partial charge in [-0.2, -0.15) is 4.31 Å². The molecule has 2 fully saturated rings. The number of piperazine rings is 1. The molecule has 2 aliphatic rings. The van der Waals surface area contributed by atoms with E-state index in [9.17, 15) is 13.2 Å². The molecule has 0 bridgehead atoms. The second kappa shape index (κ2) is 11.2. The van der Waals surface area contributed by atoms with Crippen LogP contribution in [0.3, 0.4) is 0 Å². The smallest absolute Gasteiger partial charge is 0.243 e. The number of hydrogen-bond acceptors (Lipinski definition) is 5. The van der Waals surface area contributed by atoms with Crippen LogP contribution in [0.1, 0.15) is 36.5 Å². The number of nitrogens with one attached hydrogen (secondary N) is 1. The third kappa shape index (κ3) is 6.30. The monoisotopic (exact) mass is 498 g/mol. The highest BCUT2D eigenvalue weighted by Crippen LogP contribution is 2.23. The van der Waals surface area contributed by atoms with Gasteiger partial charge in [0.25, 0.3) is 0 Å². The Morgan fingerprint density at radius 1 is 0.971 bits per heavy atom. The van der Waals surface area contributed by atoms with Gasteiger partial charge in [-0.05, 0) is 56.4 Å². The van der Waals surface area contributed by atoms with Crippen molar-refractivity contribution in [3.05, 3.63) is 65.2 Å². The Bertz CT molecular complexity index is 1110. The van der Waals surface area contributed by atoms with E-state index in [0.29, 0.717) is 31.1 Å². The maximum atomic E-state index is 13.2. The van der Waals surface area contributed by atoms with E-state index in [-0.39, 0.29) is 18.0 Å². The first-order valence-electron chi connectivity index (χ1n) is 12.6. The summed E-state index contributed by atoms with van der Waals surface area (Å²) >= 11 is 0. The van der Waals surface area contributed by atoms with E-state index in [1.165, 1.54) is 5.56 Å². The molecular weight excluding hydrogens is 460 g/mol. The molecule has 2 aromatic rings. The van der Waals surface area contributed by atoms with Crippen molar-refractivity contribution < 1.29 is 13.2 Å². The zero-order valence-electron chi connectivity index (χ0n) is 21.1. The van der Waals surface area contributed by atoms with E-state index in [1.807, 2.05) is 39.0 Å². The molecular formula is C27H38N4O3S. The topological polar surface area (TPSA) is 73.0 Å². The van der Waals surface area contributed by atoms with Gasteiger partial charge in [0.05, 0.1) is 10.9 Å². The standard InChI is InChI=1S/C27H38N4O3S/c1-21-9-10-22(2)26(19-21)35(33,34)31-17-15-30(16-18-31)23(3)27(32)28-25-11-13-29(14-12-25)20-24-7-5-4-6-8-24/h4-10,19,23,25H,11-18,20H2,1-3H3,(H,28,32). The maximum Gasteiger partial charge on any atom is 0.243 e. The quantitative estimate of drug-likeness (QED) is 0.636. The second-order valence-corrected chi connectivity index (χ2v) is 11.8. The number of carbonyl (C=O) groups is 1. The predicted octanol–water partition coefficient (Wildman–Crippen LogP) is 2.78. The van der Waals surface area contributed by atoms with Crippen molar-refractivity contribution in [3.63, 3.8) is 0 Å². The Labute approximate surface area is 210 Å². The summed E-state index contributed by atoms with van der Waals surface area (Å²) in [6, 6.07) is 16.0. The van der Waals surface area contributed by atoms with Crippen molar-refractivity contribution in [1.82, 2.24) is 19.4 Å². The zero-order chi connectivity index (χ0) is 25.0. The van der Waals surface area contributed by atoms with Crippen LogP contribution in [0.4, 0.5) is 0 Å². The number of rotatable bonds is 7. The van der Waals surface area contributed by atoms with E-state index in [2.05, 4.69) is 39.4 Å². The van der Waals surface area contributed by atoms with Crippen molar-refractivity contribution in [1.29, 1.82) is 0 Å². The summed E-state index contributed by atoms with van der Waals surface area (Å²) in [6.45, 7) is 10.5. The lowest BCUT2D eigenvalue weighted by Crippen LogP contribution is -2.56. The molecule has 1 N–H and O–H groups in total. The number of amides is 1. The van der Waals surface area contributed by atoms with E-state index in [0.717, 1.165) is 43.6 Å². The molecule has 2 heterocycles. The average Bonchev–Trinajstić information content (AvgIpc) is 2.87. The number of piperidine rings is 1. The Morgan fingerprint density at radius 2 is 1.63 bits per heavy atom. The van der Waals surface area contributed by atoms with Gasteiger partial charge in [-0.3, -0.25) is 14.6 Å². The van der Waals surface area contributed by atoms with E-state index >= 15 is 0 Å². The molecule has 2 aromatic carbocycles. The van der Waals surface area contributed by atoms with E-state index in [4.69, 9.17) is 0 Å². The Morgan fingerprint density at radius 3 is 2.29 bits per heavy atom. The second-order valence-electron chi connectivity index (χ2n) is 9.93. The van der Waals surface area contributed by atoms with Crippen molar-refractivity contribution in [2.24, 2.45) is 0 Å². The van der Waals surface area contributed by atoms with Crippen LogP contribution >= 0.6 is 0 Å². The highest BCUT2D eigenvalue weighted by Gasteiger charge is 2.33. The minimum Gasteiger partial charge on any atom is -0.352 e. The van der Waals surface area contributed by atoms with Crippen LogP contribution in [0, 0.1) is 13.8 Å². The summed E-state index contributed by atoms with van der Waals surface area (Å²) in [5.41, 5.74) is 3.02. The van der Waals surface area contributed by atoms with Crippen molar-refractivity contribution in [2.45, 2.75) is 57.1 Å². The SMILES string of the molecule is Cc1ccc(C)c(S(=O)(=O)N2CCN(C(C)C(=O)NC3CCN(Cc4ccccc4)CC3)CC2)c1. The molecule has 2 aliphatic heterocycles. The molecule has 0 saturated carbocycles. The van der Waals surface area contributed by atoms with Crippen molar-refractivity contribution in [3.8, 4) is 0 Å². The van der Waals surface area contributed by atoms with Gasteiger partial charge in [-0.25, -0.2) is 8.42 Å². The largest absolute Gasteiger partial charge is 0.352 e. The highest BCUT2D eigenvalue weighted by molar-refractivity contribution is 7.89. The zero-order valence-corrected chi connectivity index (χ0v) is 21.9. The Hall–Kier alpha value is -2.26. The molecule has 0 aromatic heterocycles. The molecule has 0 radical (unpaired) electrons. The molecule has 190 valence electrons. The lowest BCUT2D eigenvalue weighted by atomic mass is 10.0. The number of aryl methyl sites for hydroxylation is 2. The number of sulfonamides is 1. The van der Waals surface area contributed by atoms with E-state index < -0.39 is 10.0 Å². The van der Waals surface area contributed by atoms with Gasteiger partial charge < -0.3 is 5.32 Å². The Balaban J connectivity index is 1.24. The first-order chi connectivity index (χ1) is 16.7. The van der Waals surface area contributed by atoms with Crippen LogP contribution in [0.15, 0.2) is 53.4 Å². The molecule has 1 unspecified atom stereocenters. The average molecular weight is 499 g/mol. The Kier molecular flexibility index (Phi) is 8.27. The third-order valence-electron chi connectivity index (χ3n) is 7.34. The summed E-state index contributed by atoms with van der Waals surface area (Å²) in [5.74, 6) is 0.0392.